The van der Waals surface area contributed by atoms with Gasteiger partial charge in [0.05, 0.1) is 17.3 Å². The molecule has 0 bridgehead atoms. The van der Waals surface area contributed by atoms with Gasteiger partial charge in [-0.2, -0.15) is 0 Å². The standard InChI is InChI=1S/C22H18F2N4O5S/c1-10-19-14(9-16(21(25)29)27-22(19)30)20(26-10)13-8-12(28-34(2,31)32)4-6-17(13)33-18-5-3-11(23)7-15(18)24/h3-9,26,28H,1-2H3,(H2,25,29)(H,27,30). The summed E-state index contributed by atoms with van der Waals surface area (Å²) in [6.07, 6.45) is 0.970. The fraction of sp³-hybridized carbons (Fsp3) is 0.0909. The molecule has 0 atom stereocenters. The number of benzene rings is 2. The molecule has 1 amide bonds. The number of carbonyl (C=O) groups is 1. The average molecular weight is 488 g/mol. The van der Waals surface area contributed by atoms with Crippen molar-refractivity contribution < 1.29 is 26.7 Å². The molecule has 4 rings (SSSR count). The molecule has 0 fully saturated rings. The van der Waals surface area contributed by atoms with E-state index in [9.17, 15) is 26.8 Å². The molecule has 0 radical (unpaired) electrons. The first-order chi connectivity index (χ1) is 15.9. The van der Waals surface area contributed by atoms with E-state index in [1.807, 2.05) is 0 Å². The van der Waals surface area contributed by atoms with Crippen molar-refractivity contribution >= 4 is 32.4 Å². The van der Waals surface area contributed by atoms with Gasteiger partial charge in [-0.15, -0.1) is 0 Å². The largest absolute Gasteiger partial charge is 0.454 e. The van der Waals surface area contributed by atoms with Crippen LogP contribution in [-0.2, 0) is 10.0 Å². The number of amides is 1. The van der Waals surface area contributed by atoms with Gasteiger partial charge in [0.25, 0.3) is 11.5 Å². The van der Waals surface area contributed by atoms with Crippen LogP contribution < -0.4 is 20.8 Å². The third-order valence-electron chi connectivity index (χ3n) is 4.92. The molecule has 4 aromatic rings. The van der Waals surface area contributed by atoms with Crippen LogP contribution in [0.25, 0.3) is 22.0 Å². The Kier molecular flexibility index (Phi) is 5.61. The number of hydrogen-bond acceptors (Lipinski definition) is 5. The zero-order valence-electron chi connectivity index (χ0n) is 17.8. The SMILES string of the molecule is Cc1[nH]c(-c2cc(NS(C)(=O)=O)ccc2Oc2ccc(F)cc2F)c2cc(C(N)=O)[nH]c(=O)c12. The molecule has 2 heterocycles. The molecule has 2 aromatic heterocycles. The molecule has 2 aromatic carbocycles. The average Bonchev–Trinajstić information content (AvgIpc) is 3.06. The molecule has 9 nitrogen and oxygen atoms in total. The van der Waals surface area contributed by atoms with Gasteiger partial charge in [-0.1, -0.05) is 0 Å². The fourth-order valence-corrected chi connectivity index (χ4v) is 4.12. The molecule has 0 saturated heterocycles. The van der Waals surface area contributed by atoms with Gasteiger partial charge in [-0.3, -0.25) is 14.3 Å². The van der Waals surface area contributed by atoms with Gasteiger partial charge >= 0.3 is 0 Å². The molecule has 0 saturated carbocycles. The number of rotatable bonds is 6. The smallest absolute Gasteiger partial charge is 0.265 e. The maximum atomic E-state index is 14.3. The van der Waals surface area contributed by atoms with Crippen molar-refractivity contribution in [2.75, 3.05) is 11.0 Å². The van der Waals surface area contributed by atoms with Crippen LogP contribution >= 0.6 is 0 Å². The zero-order chi connectivity index (χ0) is 24.8. The third kappa shape index (κ3) is 4.48. The van der Waals surface area contributed by atoms with Crippen LogP contribution in [0, 0.1) is 18.6 Å². The van der Waals surface area contributed by atoms with Gasteiger partial charge in [-0.25, -0.2) is 17.2 Å². The minimum absolute atomic E-state index is 0.0635. The highest BCUT2D eigenvalue weighted by Crippen LogP contribution is 2.39. The van der Waals surface area contributed by atoms with Crippen LogP contribution in [0.1, 0.15) is 16.2 Å². The van der Waals surface area contributed by atoms with Crippen LogP contribution in [0.4, 0.5) is 14.5 Å². The summed E-state index contributed by atoms with van der Waals surface area (Å²) < 4.78 is 59.1. The molecular formula is C22H18F2N4O5S. The number of aromatic nitrogens is 2. The van der Waals surface area contributed by atoms with Crippen LogP contribution in [-0.4, -0.2) is 30.5 Å². The van der Waals surface area contributed by atoms with E-state index in [0.717, 1.165) is 18.4 Å². The van der Waals surface area contributed by atoms with Crippen molar-refractivity contribution in [1.82, 2.24) is 9.97 Å². The highest BCUT2D eigenvalue weighted by atomic mass is 32.2. The first-order valence-electron chi connectivity index (χ1n) is 9.73. The number of sulfonamides is 1. The van der Waals surface area contributed by atoms with E-state index in [1.165, 1.54) is 24.3 Å². The fourth-order valence-electron chi connectivity index (χ4n) is 3.56. The summed E-state index contributed by atoms with van der Waals surface area (Å²) in [6.45, 7) is 1.63. The summed E-state index contributed by atoms with van der Waals surface area (Å²) in [4.78, 5) is 29.7. The normalized spacial score (nSPS) is 11.5. The van der Waals surface area contributed by atoms with E-state index in [1.54, 1.807) is 6.92 Å². The number of aryl methyl sites for hydroxylation is 1. The Bertz CT molecular complexity index is 1630. The number of pyridine rings is 1. The lowest BCUT2D eigenvalue weighted by atomic mass is 10.0. The second-order valence-corrected chi connectivity index (χ2v) is 9.30. The number of H-pyrrole nitrogens is 2. The summed E-state index contributed by atoms with van der Waals surface area (Å²) in [6, 6.07) is 8.33. The molecule has 12 heteroatoms. The highest BCUT2D eigenvalue weighted by molar-refractivity contribution is 7.92. The van der Waals surface area contributed by atoms with Gasteiger partial charge in [0.1, 0.15) is 17.3 Å². The van der Waals surface area contributed by atoms with Gasteiger partial charge in [0.2, 0.25) is 10.0 Å². The quantitative estimate of drug-likeness (QED) is 0.329. The van der Waals surface area contributed by atoms with Crippen LogP contribution in [0.15, 0.2) is 47.3 Å². The molecule has 176 valence electrons. The monoisotopic (exact) mass is 488 g/mol. The minimum atomic E-state index is -3.64. The summed E-state index contributed by atoms with van der Waals surface area (Å²) in [5.41, 5.74) is 5.75. The molecule has 0 aliphatic rings. The number of halogens is 2. The number of carbonyl (C=O) groups excluding carboxylic acids is 1. The van der Waals surface area contributed by atoms with Crippen LogP contribution in [0.3, 0.4) is 0 Å². The lowest BCUT2D eigenvalue weighted by molar-refractivity contribution is 0.0995. The van der Waals surface area contributed by atoms with Gasteiger partial charge in [0, 0.05) is 28.4 Å². The van der Waals surface area contributed by atoms with E-state index in [2.05, 4.69) is 14.7 Å². The predicted molar refractivity (Wildman–Crippen MR) is 123 cm³/mol. The summed E-state index contributed by atoms with van der Waals surface area (Å²) in [5, 5.41) is 0.538. The van der Waals surface area contributed by atoms with E-state index in [4.69, 9.17) is 10.5 Å². The van der Waals surface area contributed by atoms with Gasteiger partial charge in [-0.05, 0) is 43.3 Å². The lowest BCUT2D eigenvalue weighted by Gasteiger charge is -2.14. The Morgan fingerprint density at radius 2 is 1.76 bits per heavy atom. The summed E-state index contributed by atoms with van der Waals surface area (Å²) in [5.74, 6) is -2.82. The lowest BCUT2D eigenvalue weighted by Crippen LogP contribution is -2.18. The Hall–Kier alpha value is -4.19. The molecule has 0 unspecified atom stereocenters. The Labute approximate surface area is 191 Å². The molecule has 0 aliphatic carbocycles. The number of aromatic amines is 2. The number of primary amides is 1. The molecule has 34 heavy (non-hydrogen) atoms. The van der Waals surface area contributed by atoms with Crippen LogP contribution in [0.5, 0.6) is 11.5 Å². The van der Waals surface area contributed by atoms with Crippen molar-refractivity contribution in [3.63, 3.8) is 0 Å². The number of hydrogen-bond donors (Lipinski definition) is 4. The Morgan fingerprint density at radius 1 is 1.06 bits per heavy atom. The summed E-state index contributed by atoms with van der Waals surface area (Å²) in [7, 11) is -3.64. The highest BCUT2D eigenvalue weighted by Gasteiger charge is 2.20. The van der Waals surface area contributed by atoms with Crippen molar-refractivity contribution in [3.8, 4) is 22.8 Å². The second-order valence-electron chi connectivity index (χ2n) is 7.55. The zero-order valence-corrected chi connectivity index (χ0v) is 18.6. The molecular weight excluding hydrogens is 470 g/mol. The van der Waals surface area contributed by atoms with E-state index in [0.29, 0.717) is 17.1 Å². The molecule has 0 spiro atoms. The van der Waals surface area contributed by atoms with Crippen molar-refractivity contribution in [2.24, 2.45) is 5.73 Å². The number of nitrogens with one attached hydrogen (secondary N) is 3. The Morgan fingerprint density at radius 3 is 2.41 bits per heavy atom. The first-order valence-corrected chi connectivity index (χ1v) is 11.6. The molecule has 5 N–H and O–H groups in total. The van der Waals surface area contributed by atoms with Crippen molar-refractivity contribution in [2.45, 2.75) is 6.92 Å². The van der Waals surface area contributed by atoms with Gasteiger partial charge in [0.15, 0.2) is 11.6 Å². The van der Waals surface area contributed by atoms with E-state index < -0.39 is 33.1 Å². The predicted octanol–water partition coefficient (Wildman–Crippen LogP) is 3.37. The third-order valence-corrected chi connectivity index (χ3v) is 5.53. The van der Waals surface area contributed by atoms with Gasteiger partial charge < -0.3 is 20.4 Å². The van der Waals surface area contributed by atoms with Crippen LogP contribution in [0.2, 0.25) is 0 Å². The number of fused-ring (bicyclic) bond motifs is 1. The molecule has 0 aliphatic heterocycles. The van der Waals surface area contributed by atoms with Crippen molar-refractivity contribution in [3.05, 3.63) is 75.8 Å². The van der Waals surface area contributed by atoms with Crippen molar-refractivity contribution in [1.29, 1.82) is 0 Å². The number of anilines is 1. The Balaban J connectivity index is 1.98. The topological polar surface area (TPSA) is 147 Å². The number of ether oxygens (including phenoxy) is 1. The van der Waals surface area contributed by atoms with E-state index in [-0.39, 0.29) is 39.5 Å². The maximum Gasteiger partial charge on any atom is 0.265 e. The first kappa shape index (κ1) is 23.0. The van der Waals surface area contributed by atoms with E-state index >= 15 is 0 Å². The minimum Gasteiger partial charge on any atom is -0.454 e. The number of nitrogens with two attached hydrogens (primary N) is 1. The second kappa shape index (κ2) is 8.30. The maximum absolute atomic E-state index is 14.3. The summed E-state index contributed by atoms with van der Waals surface area (Å²) >= 11 is 0.